The van der Waals surface area contributed by atoms with Gasteiger partial charge >= 0.3 is 0 Å². The van der Waals surface area contributed by atoms with E-state index in [9.17, 15) is 10.4 Å². The molecule has 0 bridgehead atoms. The van der Waals surface area contributed by atoms with Gasteiger partial charge in [-0.15, -0.1) is 0 Å². The van der Waals surface area contributed by atoms with E-state index < -0.39 is 6.10 Å². The van der Waals surface area contributed by atoms with E-state index in [1.54, 1.807) is 13.2 Å². The van der Waals surface area contributed by atoms with Crippen molar-refractivity contribution in [2.75, 3.05) is 46.6 Å². The third-order valence-corrected chi connectivity index (χ3v) is 6.82. The lowest BCUT2D eigenvalue weighted by Gasteiger charge is -2.44. The molecule has 6 nitrogen and oxygen atoms in total. The number of aliphatic hydroxyl groups excluding tert-OH is 1. The van der Waals surface area contributed by atoms with Gasteiger partial charge in [0.15, 0.2) is 0 Å². The van der Waals surface area contributed by atoms with Crippen molar-refractivity contribution in [3.63, 3.8) is 0 Å². The van der Waals surface area contributed by atoms with E-state index in [4.69, 9.17) is 14.2 Å². The van der Waals surface area contributed by atoms with Crippen LogP contribution in [0.4, 0.5) is 0 Å². The summed E-state index contributed by atoms with van der Waals surface area (Å²) in [7, 11) is 1.62. The molecule has 2 heterocycles. The van der Waals surface area contributed by atoms with Crippen LogP contribution < -0.4 is 9.47 Å². The second kappa shape index (κ2) is 10.4. The van der Waals surface area contributed by atoms with E-state index in [0.29, 0.717) is 29.0 Å². The lowest BCUT2D eigenvalue weighted by atomic mass is 9.72. The summed E-state index contributed by atoms with van der Waals surface area (Å²) in [6.07, 6.45) is 4.15. The van der Waals surface area contributed by atoms with Crippen LogP contribution in [0.5, 0.6) is 11.5 Å². The molecule has 1 unspecified atom stereocenters. The number of likely N-dealkylation sites (tertiary alicyclic amines) is 1. The summed E-state index contributed by atoms with van der Waals surface area (Å²) < 4.78 is 16.9. The van der Waals surface area contributed by atoms with E-state index in [0.717, 1.165) is 37.4 Å². The molecule has 170 valence electrons. The van der Waals surface area contributed by atoms with Gasteiger partial charge in [0, 0.05) is 25.8 Å². The molecule has 1 spiro atoms. The molecule has 2 aromatic carbocycles. The standard InChI is InChI=1S/C26H32N2O4/c1-30-24-14-22(21-4-2-3-20(13-21)17-27)15-25(16-24)32-19-23(29)18-28-9-5-26(6-10-28)7-11-31-12-8-26/h2-4,13-16,23,29H,5-12,18-19H2,1H3. The zero-order chi connectivity index (χ0) is 22.4. The number of hydrogen-bond acceptors (Lipinski definition) is 6. The SMILES string of the molecule is COc1cc(OCC(O)CN2CCC3(CCOCC3)CC2)cc(-c2cccc(C#N)c2)c1. The first kappa shape index (κ1) is 22.6. The van der Waals surface area contributed by atoms with E-state index in [2.05, 4.69) is 11.0 Å². The Kier molecular flexibility index (Phi) is 7.31. The summed E-state index contributed by atoms with van der Waals surface area (Å²) in [6.45, 7) is 4.67. The van der Waals surface area contributed by atoms with Crippen molar-refractivity contribution < 1.29 is 19.3 Å². The van der Waals surface area contributed by atoms with E-state index in [-0.39, 0.29) is 6.61 Å². The summed E-state index contributed by atoms with van der Waals surface area (Å²) >= 11 is 0. The number of aliphatic hydroxyl groups is 1. The van der Waals surface area contributed by atoms with E-state index >= 15 is 0 Å². The highest BCUT2D eigenvalue weighted by Crippen LogP contribution is 2.40. The van der Waals surface area contributed by atoms with Crippen LogP contribution >= 0.6 is 0 Å². The fourth-order valence-corrected chi connectivity index (χ4v) is 4.77. The molecular formula is C26H32N2O4. The number of methoxy groups -OCH3 is 1. The molecule has 0 aromatic heterocycles. The van der Waals surface area contributed by atoms with Crippen molar-refractivity contribution in [2.45, 2.75) is 31.8 Å². The Morgan fingerprint density at radius 1 is 1.06 bits per heavy atom. The maximum Gasteiger partial charge on any atom is 0.123 e. The topological polar surface area (TPSA) is 74.9 Å². The second-order valence-electron chi connectivity index (χ2n) is 8.97. The largest absolute Gasteiger partial charge is 0.497 e. The molecule has 0 aliphatic carbocycles. The summed E-state index contributed by atoms with van der Waals surface area (Å²) in [5.74, 6) is 1.31. The molecule has 0 radical (unpaired) electrons. The maximum absolute atomic E-state index is 10.6. The van der Waals surface area contributed by atoms with E-state index in [1.165, 1.54) is 25.7 Å². The van der Waals surface area contributed by atoms with Crippen molar-refractivity contribution in [3.8, 4) is 28.7 Å². The number of nitrogens with zero attached hydrogens (tertiary/aromatic N) is 2. The molecule has 2 fully saturated rings. The fraction of sp³-hybridized carbons (Fsp3) is 0.500. The van der Waals surface area contributed by atoms with E-state index in [1.807, 2.05) is 36.4 Å². The summed E-state index contributed by atoms with van der Waals surface area (Å²) in [5.41, 5.74) is 2.88. The Morgan fingerprint density at radius 3 is 2.53 bits per heavy atom. The molecule has 2 aliphatic heterocycles. The van der Waals surface area contributed by atoms with Crippen molar-refractivity contribution in [1.29, 1.82) is 5.26 Å². The monoisotopic (exact) mass is 436 g/mol. The number of ether oxygens (including phenoxy) is 3. The Balaban J connectivity index is 1.33. The number of rotatable bonds is 7. The zero-order valence-electron chi connectivity index (χ0n) is 18.8. The zero-order valence-corrected chi connectivity index (χ0v) is 18.8. The minimum atomic E-state index is -0.560. The highest BCUT2D eigenvalue weighted by molar-refractivity contribution is 5.68. The van der Waals surface area contributed by atoms with Gasteiger partial charge in [0.05, 0.1) is 18.7 Å². The average Bonchev–Trinajstić information content (AvgIpc) is 2.84. The highest BCUT2D eigenvalue weighted by atomic mass is 16.5. The Hall–Kier alpha value is -2.59. The second-order valence-corrected chi connectivity index (χ2v) is 8.97. The van der Waals surface area contributed by atoms with Gasteiger partial charge in [0.2, 0.25) is 0 Å². The molecule has 0 amide bonds. The number of hydrogen-bond donors (Lipinski definition) is 1. The predicted octanol–water partition coefficient (Wildman–Crippen LogP) is 3.87. The van der Waals surface area contributed by atoms with Gasteiger partial charge in [-0.3, -0.25) is 0 Å². The van der Waals surface area contributed by atoms with Crippen molar-refractivity contribution in [1.82, 2.24) is 4.90 Å². The molecule has 0 saturated carbocycles. The van der Waals surface area contributed by atoms with Gasteiger partial charge in [-0.25, -0.2) is 0 Å². The minimum absolute atomic E-state index is 0.223. The van der Waals surface area contributed by atoms with Gasteiger partial charge in [-0.2, -0.15) is 5.26 Å². The van der Waals surface area contributed by atoms with Crippen LogP contribution in [0.3, 0.4) is 0 Å². The first-order chi connectivity index (χ1) is 15.6. The molecular weight excluding hydrogens is 404 g/mol. The lowest BCUT2D eigenvalue weighted by molar-refractivity contribution is -0.0293. The third-order valence-electron chi connectivity index (χ3n) is 6.82. The van der Waals surface area contributed by atoms with Crippen molar-refractivity contribution >= 4 is 0 Å². The normalized spacial score (nSPS) is 19.3. The maximum atomic E-state index is 10.6. The van der Waals surface area contributed by atoms with Crippen molar-refractivity contribution in [2.24, 2.45) is 5.41 Å². The number of β-amino-alcohol motifs (C(OH)–C–C–N with tert-alkyl or cyclic N) is 1. The van der Waals surface area contributed by atoms with Crippen LogP contribution in [-0.2, 0) is 4.74 Å². The summed E-state index contributed by atoms with van der Waals surface area (Å²) in [5, 5.41) is 19.8. The van der Waals surface area contributed by atoms with Gasteiger partial charge in [-0.05, 0) is 79.6 Å². The molecule has 1 N–H and O–H groups in total. The van der Waals surface area contributed by atoms with Crippen LogP contribution in [0.15, 0.2) is 42.5 Å². The van der Waals surface area contributed by atoms with Crippen molar-refractivity contribution in [3.05, 3.63) is 48.0 Å². The molecule has 4 rings (SSSR count). The molecule has 2 saturated heterocycles. The summed E-state index contributed by atoms with van der Waals surface area (Å²) in [4.78, 5) is 2.35. The van der Waals surface area contributed by atoms with Gasteiger partial charge in [0.25, 0.3) is 0 Å². The number of nitriles is 1. The van der Waals surface area contributed by atoms with Gasteiger partial charge < -0.3 is 24.2 Å². The van der Waals surface area contributed by atoms with Gasteiger partial charge in [-0.1, -0.05) is 12.1 Å². The molecule has 2 aromatic rings. The first-order valence-corrected chi connectivity index (χ1v) is 11.4. The smallest absolute Gasteiger partial charge is 0.123 e. The van der Waals surface area contributed by atoms with Crippen LogP contribution in [0, 0.1) is 16.7 Å². The Morgan fingerprint density at radius 2 is 1.81 bits per heavy atom. The number of benzene rings is 2. The third kappa shape index (κ3) is 5.60. The average molecular weight is 437 g/mol. The van der Waals surface area contributed by atoms with Crippen LogP contribution in [0.2, 0.25) is 0 Å². The molecule has 1 atom stereocenters. The van der Waals surface area contributed by atoms with Crippen LogP contribution in [0.1, 0.15) is 31.2 Å². The fourth-order valence-electron chi connectivity index (χ4n) is 4.77. The minimum Gasteiger partial charge on any atom is -0.497 e. The quantitative estimate of drug-likeness (QED) is 0.710. The Bertz CT molecular complexity index is 939. The lowest BCUT2D eigenvalue weighted by Crippen LogP contribution is -2.46. The molecule has 6 heteroatoms. The predicted molar refractivity (Wildman–Crippen MR) is 123 cm³/mol. The van der Waals surface area contributed by atoms with Crippen LogP contribution in [0.25, 0.3) is 11.1 Å². The highest BCUT2D eigenvalue weighted by Gasteiger charge is 2.36. The first-order valence-electron chi connectivity index (χ1n) is 11.4. The Labute approximate surface area is 190 Å². The van der Waals surface area contributed by atoms with Gasteiger partial charge in [0.1, 0.15) is 24.2 Å². The molecule has 2 aliphatic rings. The summed E-state index contributed by atoms with van der Waals surface area (Å²) in [6, 6.07) is 15.3. The van der Waals surface area contributed by atoms with Crippen LogP contribution in [-0.4, -0.2) is 62.7 Å². The molecule has 32 heavy (non-hydrogen) atoms. The number of piperidine rings is 1.